The van der Waals surface area contributed by atoms with Crippen LogP contribution in [-0.4, -0.2) is 48.9 Å². The van der Waals surface area contributed by atoms with Crippen LogP contribution in [0, 0.1) is 0 Å². The summed E-state index contributed by atoms with van der Waals surface area (Å²) >= 11 is 3.14. The van der Waals surface area contributed by atoms with Gasteiger partial charge in [0.05, 0.1) is 11.1 Å². The van der Waals surface area contributed by atoms with Crippen molar-refractivity contribution in [1.82, 2.24) is 9.80 Å². The largest absolute Gasteiger partial charge is 0.416 e. The standard InChI is InChI=1S/C13H14BrF3N2O/c1-18(2)9-6-19(7-9)12(20)10-5-8(13(15,16)17)3-4-11(10)14/h3-5,9H,6-7H2,1-2H3. The van der Waals surface area contributed by atoms with Crippen molar-refractivity contribution in [2.45, 2.75) is 12.2 Å². The van der Waals surface area contributed by atoms with Gasteiger partial charge in [0.25, 0.3) is 5.91 Å². The van der Waals surface area contributed by atoms with Crippen LogP contribution < -0.4 is 0 Å². The zero-order valence-electron chi connectivity index (χ0n) is 11.0. The van der Waals surface area contributed by atoms with E-state index in [4.69, 9.17) is 0 Å². The van der Waals surface area contributed by atoms with Crippen LogP contribution in [0.3, 0.4) is 0 Å². The fourth-order valence-corrected chi connectivity index (χ4v) is 2.40. The fraction of sp³-hybridized carbons (Fsp3) is 0.462. The van der Waals surface area contributed by atoms with Gasteiger partial charge in [0.1, 0.15) is 0 Å². The van der Waals surface area contributed by atoms with Crippen LogP contribution in [0.15, 0.2) is 22.7 Å². The molecule has 1 heterocycles. The molecule has 2 rings (SSSR count). The van der Waals surface area contributed by atoms with Gasteiger partial charge in [-0.2, -0.15) is 13.2 Å². The Morgan fingerprint density at radius 2 is 1.95 bits per heavy atom. The maximum absolute atomic E-state index is 12.7. The SMILES string of the molecule is CN(C)C1CN(C(=O)c2cc(C(F)(F)F)ccc2Br)C1. The molecule has 0 unspecified atom stereocenters. The molecule has 0 bridgehead atoms. The third-order valence-electron chi connectivity index (χ3n) is 3.40. The number of likely N-dealkylation sites (tertiary alicyclic amines) is 1. The third kappa shape index (κ3) is 2.98. The number of nitrogens with zero attached hydrogens (tertiary/aromatic N) is 2. The van der Waals surface area contributed by atoms with Gasteiger partial charge >= 0.3 is 6.18 Å². The van der Waals surface area contributed by atoms with E-state index in [1.807, 2.05) is 19.0 Å². The van der Waals surface area contributed by atoms with E-state index in [-0.39, 0.29) is 17.5 Å². The summed E-state index contributed by atoms with van der Waals surface area (Å²) in [5.41, 5.74) is -0.759. The first-order valence-corrected chi connectivity index (χ1v) is 6.82. The first-order valence-electron chi connectivity index (χ1n) is 6.02. The number of hydrogen-bond acceptors (Lipinski definition) is 2. The number of rotatable bonds is 2. The Hall–Kier alpha value is -1.08. The summed E-state index contributed by atoms with van der Waals surface area (Å²) in [5, 5.41) is 0. The van der Waals surface area contributed by atoms with E-state index in [0.717, 1.165) is 12.1 Å². The zero-order valence-corrected chi connectivity index (χ0v) is 12.6. The molecule has 110 valence electrons. The molecule has 7 heteroatoms. The topological polar surface area (TPSA) is 23.6 Å². The molecule has 0 radical (unpaired) electrons. The molecule has 1 aliphatic rings. The average Bonchev–Trinajstić information content (AvgIpc) is 2.24. The van der Waals surface area contributed by atoms with Crippen molar-refractivity contribution in [3.8, 4) is 0 Å². The monoisotopic (exact) mass is 350 g/mol. The van der Waals surface area contributed by atoms with Crippen LogP contribution >= 0.6 is 15.9 Å². The minimum absolute atomic E-state index is 0.0528. The van der Waals surface area contributed by atoms with Gasteiger partial charge in [-0.15, -0.1) is 0 Å². The van der Waals surface area contributed by atoms with Gasteiger partial charge in [-0.3, -0.25) is 4.79 Å². The first-order chi connectivity index (χ1) is 9.20. The van der Waals surface area contributed by atoms with Gasteiger partial charge in [-0.25, -0.2) is 0 Å². The molecule has 0 spiro atoms. The number of benzene rings is 1. The summed E-state index contributed by atoms with van der Waals surface area (Å²) in [6, 6.07) is 3.39. The molecule has 3 nitrogen and oxygen atoms in total. The second-order valence-electron chi connectivity index (χ2n) is 5.02. The molecule has 1 aliphatic heterocycles. The average molecular weight is 351 g/mol. The minimum atomic E-state index is -4.45. The summed E-state index contributed by atoms with van der Waals surface area (Å²) < 4.78 is 38.4. The second-order valence-corrected chi connectivity index (χ2v) is 5.87. The summed E-state index contributed by atoms with van der Waals surface area (Å²) in [6.45, 7) is 1.07. The lowest BCUT2D eigenvalue weighted by Crippen LogP contribution is -2.59. The quantitative estimate of drug-likeness (QED) is 0.818. The Morgan fingerprint density at radius 3 is 2.45 bits per heavy atom. The highest BCUT2D eigenvalue weighted by Gasteiger charge is 2.35. The van der Waals surface area contributed by atoms with Crippen molar-refractivity contribution < 1.29 is 18.0 Å². The molecule has 1 amide bonds. The highest BCUT2D eigenvalue weighted by atomic mass is 79.9. The molecular weight excluding hydrogens is 337 g/mol. The van der Waals surface area contributed by atoms with Crippen LogP contribution in [0.5, 0.6) is 0 Å². The predicted octanol–water partition coefficient (Wildman–Crippen LogP) is 2.85. The Kier molecular flexibility index (Phi) is 4.11. The Labute approximate surface area is 123 Å². The maximum atomic E-state index is 12.7. The Morgan fingerprint density at radius 1 is 1.35 bits per heavy atom. The second kappa shape index (κ2) is 5.37. The molecule has 0 atom stereocenters. The zero-order chi connectivity index (χ0) is 15.1. The van der Waals surface area contributed by atoms with E-state index in [0.29, 0.717) is 17.6 Å². The lowest BCUT2D eigenvalue weighted by atomic mass is 10.0. The summed E-state index contributed by atoms with van der Waals surface area (Å²) in [4.78, 5) is 15.7. The Bertz CT molecular complexity index is 525. The van der Waals surface area contributed by atoms with E-state index in [2.05, 4.69) is 15.9 Å². The van der Waals surface area contributed by atoms with Crippen LogP contribution in [0.1, 0.15) is 15.9 Å². The number of likely N-dealkylation sites (N-methyl/N-ethyl adjacent to an activating group) is 1. The molecular formula is C13H14BrF3N2O. The van der Waals surface area contributed by atoms with Crippen molar-refractivity contribution in [3.63, 3.8) is 0 Å². The van der Waals surface area contributed by atoms with Gasteiger partial charge in [-0.05, 0) is 48.2 Å². The van der Waals surface area contributed by atoms with Crippen LogP contribution in [0.25, 0.3) is 0 Å². The summed E-state index contributed by atoms with van der Waals surface area (Å²) in [5.74, 6) is -0.374. The maximum Gasteiger partial charge on any atom is 0.416 e. The van der Waals surface area contributed by atoms with Crippen molar-refractivity contribution in [2.24, 2.45) is 0 Å². The number of carbonyl (C=O) groups excluding carboxylic acids is 1. The van der Waals surface area contributed by atoms with Crippen LogP contribution in [0.4, 0.5) is 13.2 Å². The number of alkyl halides is 3. The molecule has 20 heavy (non-hydrogen) atoms. The van der Waals surface area contributed by atoms with Gasteiger partial charge in [0.15, 0.2) is 0 Å². The lowest BCUT2D eigenvalue weighted by molar-refractivity contribution is -0.137. The highest BCUT2D eigenvalue weighted by Crippen LogP contribution is 2.32. The summed E-state index contributed by atoms with van der Waals surface area (Å²) in [6.07, 6.45) is -4.45. The molecule has 0 aliphatic carbocycles. The minimum Gasteiger partial charge on any atom is -0.335 e. The van der Waals surface area contributed by atoms with E-state index < -0.39 is 11.7 Å². The molecule has 0 saturated carbocycles. The molecule has 1 fully saturated rings. The number of amides is 1. The molecule has 1 aromatic carbocycles. The van der Waals surface area contributed by atoms with E-state index in [9.17, 15) is 18.0 Å². The van der Waals surface area contributed by atoms with Crippen molar-refractivity contribution in [1.29, 1.82) is 0 Å². The van der Waals surface area contributed by atoms with Gasteiger partial charge in [0.2, 0.25) is 0 Å². The van der Waals surface area contributed by atoms with Crippen LogP contribution in [0.2, 0.25) is 0 Å². The van der Waals surface area contributed by atoms with Crippen LogP contribution in [-0.2, 0) is 6.18 Å². The molecule has 0 N–H and O–H groups in total. The highest BCUT2D eigenvalue weighted by molar-refractivity contribution is 9.10. The molecule has 1 saturated heterocycles. The van der Waals surface area contributed by atoms with Crippen molar-refractivity contribution in [3.05, 3.63) is 33.8 Å². The number of hydrogen-bond donors (Lipinski definition) is 0. The molecule has 0 aromatic heterocycles. The van der Waals surface area contributed by atoms with E-state index in [1.54, 1.807) is 4.90 Å². The third-order valence-corrected chi connectivity index (χ3v) is 4.10. The first kappa shape index (κ1) is 15.3. The number of halogens is 4. The van der Waals surface area contributed by atoms with E-state index in [1.165, 1.54) is 6.07 Å². The summed E-state index contributed by atoms with van der Waals surface area (Å²) in [7, 11) is 3.82. The van der Waals surface area contributed by atoms with Gasteiger partial charge in [-0.1, -0.05) is 0 Å². The fourth-order valence-electron chi connectivity index (χ4n) is 1.98. The van der Waals surface area contributed by atoms with Gasteiger partial charge < -0.3 is 9.80 Å². The number of carbonyl (C=O) groups is 1. The van der Waals surface area contributed by atoms with Gasteiger partial charge in [0, 0.05) is 23.6 Å². The predicted molar refractivity (Wildman–Crippen MR) is 72.5 cm³/mol. The van der Waals surface area contributed by atoms with E-state index >= 15 is 0 Å². The van der Waals surface area contributed by atoms with Crippen molar-refractivity contribution >= 4 is 21.8 Å². The van der Waals surface area contributed by atoms with Crippen molar-refractivity contribution in [2.75, 3.05) is 27.2 Å². The molecule has 1 aromatic rings. The lowest BCUT2D eigenvalue weighted by Gasteiger charge is -2.42. The smallest absolute Gasteiger partial charge is 0.335 e. The normalized spacial score (nSPS) is 16.4. The Balaban J connectivity index is 2.19.